The van der Waals surface area contributed by atoms with Gasteiger partial charge in [0.2, 0.25) is 0 Å². The van der Waals surface area contributed by atoms with E-state index in [1.54, 1.807) is 11.8 Å². The van der Waals surface area contributed by atoms with Crippen LogP contribution in [0, 0.1) is 5.92 Å². The highest BCUT2D eigenvalue weighted by Gasteiger charge is 2.28. The molecule has 0 aromatic carbocycles. The number of carboxylic acid groups (broad SMARTS) is 1. The average Bonchev–Trinajstić information content (AvgIpc) is 2.43. The van der Waals surface area contributed by atoms with Gasteiger partial charge in [-0.3, -0.25) is 4.79 Å². The third kappa shape index (κ3) is 4.37. The molecule has 0 aromatic heterocycles. The van der Waals surface area contributed by atoms with Crippen LogP contribution in [0.1, 0.15) is 26.7 Å². The van der Waals surface area contributed by atoms with Crippen molar-refractivity contribution in [2.45, 2.75) is 32.7 Å². The molecule has 0 aliphatic carbocycles. The van der Waals surface area contributed by atoms with Crippen molar-refractivity contribution in [3.63, 3.8) is 0 Å². The Kier molecular flexibility index (Phi) is 6.26. The molecular weight excluding hydrogens is 258 g/mol. The average molecular weight is 285 g/mol. The van der Waals surface area contributed by atoms with Gasteiger partial charge in [0.05, 0.1) is 5.92 Å². The van der Waals surface area contributed by atoms with Gasteiger partial charge in [0.1, 0.15) is 0 Å². The van der Waals surface area contributed by atoms with Crippen molar-refractivity contribution >= 4 is 12.0 Å². The lowest BCUT2D eigenvalue weighted by molar-refractivity contribution is -0.141. The lowest BCUT2D eigenvalue weighted by Gasteiger charge is -2.38. The molecule has 0 saturated carbocycles. The molecule has 1 rings (SSSR count). The van der Waals surface area contributed by atoms with Gasteiger partial charge in [-0.2, -0.15) is 0 Å². The minimum Gasteiger partial charge on any atom is -0.481 e. The second-order valence-corrected chi connectivity index (χ2v) is 5.74. The number of aliphatic carboxylic acids is 1. The molecule has 116 valence electrons. The van der Waals surface area contributed by atoms with Crippen LogP contribution in [-0.2, 0) is 4.79 Å². The second kappa shape index (κ2) is 7.47. The smallest absolute Gasteiger partial charge is 0.320 e. The summed E-state index contributed by atoms with van der Waals surface area (Å²) in [5.41, 5.74) is 0. The second-order valence-electron chi connectivity index (χ2n) is 5.74. The number of carbonyl (C=O) groups is 2. The number of carbonyl (C=O) groups excluding carboxylic acids is 1. The summed E-state index contributed by atoms with van der Waals surface area (Å²) < 4.78 is 0. The number of amides is 2. The lowest BCUT2D eigenvalue weighted by atomic mass is 10.0. The van der Waals surface area contributed by atoms with Crippen molar-refractivity contribution in [2.75, 3.05) is 40.3 Å². The van der Waals surface area contributed by atoms with Crippen molar-refractivity contribution in [2.24, 2.45) is 5.92 Å². The minimum absolute atomic E-state index is 0.0298. The highest BCUT2D eigenvalue weighted by molar-refractivity contribution is 5.76. The van der Waals surface area contributed by atoms with Crippen LogP contribution >= 0.6 is 0 Å². The van der Waals surface area contributed by atoms with Crippen molar-refractivity contribution < 1.29 is 14.7 Å². The van der Waals surface area contributed by atoms with Gasteiger partial charge in [0.25, 0.3) is 0 Å². The summed E-state index contributed by atoms with van der Waals surface area (Å²) in [6.07, 6.45) is 1.95. The highest BCUT2D eigenvalue weighted by Crippen LogP contribution is 2.16. The number of carboxylic acids is 1. The maximum atomic E-state index is 12.4. The molecule has 1 aliphatic heterocycles. The van der Waals surface area contributed by atoms with Crippen LogP contribution in [0.15, 0.2) is 0 Å². The van der Waals surface area contributed by atoms with E-state index in [0.717, 1.165) is 25.9 Å². The molecule has 0 spiro atoms. The Labute approximate surface area is 121 Å². The molecule has 1 N–H and O–H groups in total. The predicted octanol–water partition coefficient (Wildman–Crippen LogP) is 1.17. The Bertz CT molecular complexity index is 339. The number of likely N-dealkylation sites (tertiary alicyclic amines) is 1. The maximum absolute atomic E-state index is 12.4. The van der Waals surface area contributed by atoms with Crippen LogP contribution in [0.4, 0.5) is 4.79 Å². The van der Waals surface area contributed by atoms with E-state index in [1.807, 2.05) is 11.8 Å². The van der Waals surface area contributed by atoms with Crippen LogP contribution < -0.4 is 0 Å². The lowest BCUT2D eigenvalue weighted by Crippen LogP contribution is -2.50. The van der Waals surface area contributed by atoms with Crippen molar-refractivity contribution in [3.8, 4) is 0 Å². The molecule has 1 saturated heterocycles. The molecule has 6 nitrogen and oxygen atoms in total. The Balaban J connectivity index is 2.53. The van der Waals surface area contributed by atoms with Gasteiger partial charge in [0, 0.05) is 32.2 Å². The van der Waals surface area contributed by atoms with E-state index in [2.05, 4.69) is 19.0 Å². The zero-order chi connectivity index (χ0) is 15.3. The third-order valence-corrected chi connectivity index (χ3v) is 4.03. The third-order valence-electron chi connectivity index (χ3n) is 4.03. The fourth-order valence-electron chi connectivity index (χ4n) is 2.52. The first-order valence-electron chi connectivity index (χ1n) is 7.29. The molecule has 1 atom stereocenters. The number of nitrogens with zero attached hydrogens (tertiary/aromatic N) is 3. The van der Waals surface area contributed by atoms with Crippen LogP contribution in [-0.4, -0.2) is 78.1 Å². The Morgan fingerprint density at radius 2 is 1.85 bits per heavy atom. The SMILES string of the molecule is CCN(CC(C)C(=O)O)C(=O)N1CCC(N(C)C)CC1. The zero-order valence-corrected chi connectivity index (χ0v) is 13.0. The monoisotopic (exact) mass is 285 g/mol. The summed E-state index contributed by atoms with van der Waals surface area (Å²) in [7, 11) is 4.13. The van der Waals surface area contributed by atoms with Gasteiger partial charge >= 0.3 is 12.0 Å². The summed E-state index contributed by atoms with van der Waals surface area (Å²) in [5.74, 6) is -1.39. The molecule has 0 radical (unpaired) electrons. The van der Waals surface area contributed by atoms with E-state index >= 15 is 0 Å². The van der Waals surface area contributed by atoms with E-state index < -0.39 is 11.9 Å². The first-order chi connectivity index (χ1) is 9.36. The summed E-state index contributed by atoms with van der Waals surface area (Å²) >= 11 is 0. The largest absolute Gasteiger partial charge is 0.481 e. The van der Waals surface area contributed by atoms with Crippen molar-refractivity contribution in [1.82, 2.24) is 14.7 Å². The highest BCUT2D eigenvalue weighted by atomic mass is 16.4. The predicted molar refractivity (Wildman–Crippen MR) is 77.7 cm³/mol. The number of rotatable bonds is 5. The molecule has 0 aromatic rings. The van der Waals surface area contributed by atoms with E-state index in [4.69, 9.17) is 5.11 Å². The first-order valence-corrected chi connectivity index (χ1v) is 7.29. The molecular formula is C14H27N3O3. The molecule has 20 heavy (non-hydrogen) atoms. The molecule has 6 heteroatoms. The quantitative estimate of drug-likeness (QED) is 0.823. The fourth-order valence-corrected chi connectivity index (χ4v) is 2.52. The van der Waals surface area contributed by atoms with Gasteiger partial charge in [0.15, 0.2) is 0 Å². The Morgan fingerprint density at radius 1 is 1.30 bits per heavy atom. The van der Waals surface area contributed by atoms with Gasteiger partial charge in [-0.25, -0.2) is 4.79 Å². The summed E-state index contributed by atoms with van der Waals surface area (Å²) in [6.45, 7) is 5.84. The van der Waals surface area contributed by atoms with E-state index in [9.17, 15) is 9.59 Å². The number of piperidine rings is 1. The summed E-state index contributed by atoms with van der Waals surface area (Å²) in [5, 5.41) is 8.96. The molecule has 1 heterocycles. The maximum Gasteiger partial charge on any atom is 0.320 e. The van der Waals surface area contributed by atoms with Gasteiger partial charge in [-0.05, 0) is 33.9 Å². The van der Waals surface area contributed by atoms with E-state index in [1.165, 1.54) is 0 Å². The summed E-state index contributed by atoms with van der Waals surface area (Å²) in [6, 6.07) is 0.505. The molecule has 1 unspecified atom stereocenters. The first kappa shape index (κ1) is 16.8. The van der Waals surface area contributed by atoms with Crippen molar-refractivity contribution in [1.29, 1.82) is 0 Å². The number of hydrogen-bond donors (Lipinski definition) is 1. The molecule has 1 fully saturated rings. The normalized spacial score (nSPS) is 18.1. The summed E-state index contributed by atoms with van der Waals surface area (Å²) in [4.78, 5) is 29.0. The van der Waals surface area contributed by atoms with Crippen LogP contribution in [0.3, 0.4) is 0 Å². The molecule has 0 bridgehead atoms. The zero-order valence-electron chi connectivity index (χ0n) is 13.0. The Morgan fingerprint density at radius 3 is 2.25 bits per heavy atom. The minimum atomic E-state index is -0.859. The molecule has 1 aliphatic rings. The van der Waals surface area contributed by atoms with Gasteiger partial charge in [-0.1, -0.05) is 6.92 Å². The number of hydrogen-bond acceptors (Lipinski definition) is 3. The van der Waals surface area contributed by atoms with Gasteiger partial charge < -0.3 is 19.8 Å². The van der Waals surface area contributed by atoms with Crippen LogP contribution in [0.2, 0.25) is 0 Å². The topological polar surface area (TPSA) is 64.1 Å². The Hall–Kier alpha value is -1.30. The van der Waals surface area contributed by atoms with E-state index in [0.29, 0.717) is 12.6 Å². The standard InChI is InChI=1S/C14H27N3O3/c1-5-16(10-11(2)13(18)19)14(20)17-8-6-12(7-9-17)15(3)4/h11-12H,5-10H2,1-4H3,(H,18,19). The number of urea groups is 1. The van der Waals surface area contributed by atoms with Crippen molar-refractivity contribution in [3.05, 3.63) is 0 Å². The van der Waals surface area contributed by atoms with E-state index in [-0.39, 0.29) is 12.6 Å². The van der Waals surface area contributed by atoms with Gasteiger partial charge in [-0.15, -0.1) is 0 Å². The fraction of sp³-hybridized carbons (Fsp3) is 0.857. The molecule has 2 amide bonds. The van der Waals surface area contributed by atoms with Crippen LogP contribution in [0.25, 0.3) is 0 Å². The van der Waals surface area contributed by atoms with Crippen LogP contribution in [0.5, 0.6) is 0 Å².